The molecule has 45 heavy (non-hydrogen) atoms. The molecule has 0 aromatic rings. The molecule has 0 fully saturated rings. The fraction of sp³-hybridized carbons (Fsp3) is 0.956. The Labute approximate surface area is 288 Å². The largest absolute Gasteiger partial charge is 0.0999 e. The van der Waals surface area contributed by atoms with Gasteiger partial charge in [0.1, 0.15) is 0 Å². The van der Waals surface area contributed by atoms with Crippen molar-refractivity contribution in [3.63, 3.8) is 0 Å². The minimum atomic E-state index is 0.488. The summed E-state index contributed by atoms with van der Waals surface area (Å²) in [5.74, 6) is 1.66. The molecule has 0 N–H and O–H groups in total. The number of hydrogen-bond acceptors (Lipinski definition) is 0. The van der Waals surface area contributed by atoms with Gasteiger partial charge in [0.05, 0.1) is 0 Å². The molecule has 0 nitrogen and oxygen atoms in total. The first-order chi connectivity index (χ1) is 21.8. The molecule has 2 unspecified atom stereocenters. The summed E-state index contributed by atoms with van der Waals surface area (Å²) in [5.41, 5.74) is 2.02. The van der Waals surface area contributed by atoms with E-state index in [0.29, 0.717) is 5.41 Å². The van der Waals surface area contributed by atoms with Gasteiger partial charge in [-0.15, -0.1) is 0 Å². The molecular weight excluding hydrogens is 540 g/mol. The van der Waals surface area contributed by atoms with E-state index in [1.165, 1.54) is 224 Å². The molecule has 270 valence electrons. The van der Waals surface area contributed by atoms with Crippen molar-refractivity contribution in [2.24, 2.45) is 17.3 Å². The van der Waals surface area contributed by atoms with Crippen LogP contribution in [-0.2, 0) is 0 Å². The van der Waals surface area contributed by atoms with Crippen LogP contribution in [0.5, 0.6) is 0 Å². The van der Waals surface area contributed by atoms with E-state index >= 15 is 0 Å². The van der Waals surface area contributed by atoms with Crippen LogP contribution in [0.4, 0.5) is 0 Å². The lowest BCUT2D eigenvalue weighted by Crippen LogP contribution is -2.22. The highest BCUT2D eigenvalue weighted by molar-refractivity contribution is 4.96. The van der Waals surface area contributed by atoms with Crippen LogP contribution in [0.25, 0.3) is 0 Å². The van der Waals surface area contributed by atoms with Crippen molar-refractivity contribution in [1.29, 1.82) is 0 Å². The predicted octanol–water partition coefficient (Wildman–Crippen LogP) is 17.1. The molecule has 0 aromatic heterocycles. The molecule has 0 heteroatoms. The molecule has 0 aliphatic carbocycles. The van der Waals surface area contributed by atoms with Crippen LogP contribution in [0.1, 0.15) is 260 Å². The average molecular weight is 631 g/mol. The third kappa shape index (κ3) is 33.4. The van der Waals surface area contributed by atoms with Crippen molar-refractivity contribution in [2.45, 2.75) is 260 Å². The number of unbranched alkanes of at least 4 members (excludes halogenated alkanes) is 26. The van der Waals surface area contributed by atoms with Gasteiger partial charge in [-0.2, -0.15) is 0 Å². The highest BCUT2D eigenvalue weighted by atomic mass is 14.3. The lowest BCUT2D eigenvalue weighted by Gasteiger charge is -2.34. The first-order valence-corrected chi connectivity index (χ1v) is 21.5. The van der Waals surface area contributed by atoms with Crippen molar-refractivity contribution >= 4 is 0 Å². The summed E-state index contributed by atoms with van der Waals surface area (Å²) in [6.45, 7) is 19.2. The maximum atomic E-state index is 4.53. The van der Waals surface area contributed by atoms with E-state index in [0.717, 1.165) is 11.8 Å². The maximum absolute atomic E-state index is 4.53. The van der Waals surface area contributed by atoms with Gasteiger partial charge in [-0.05, 0) is 55.8 Å². The van der Waals surface area contributed by atoms with Crippen LogP contribution < -0.4 is 0 Å². The Morgan fingerprint density at radius 1 is 0.444 bits per heavy atom. The van der Waals surface area contributed by atoms with Gasteiger partial charge in [0, 0.05) is 0 Å². The smallest absolute Gasteiger partial charge is 0.0318 e. The Morgan fingerprint density at radius 3 is 1.13 bits per heavy atom. The molecule has 0 rings (SSSR count). The first-order valence-electron chi connectivity index (χ1n) is 21.5. The highest BCUT2D eigenvalue weighted by Crippen LogP contribution is 2.40. The molecular formula is C45H90. The van der Waals surface area contributed by atoms with Gasteiger partial charge in [-0.3, -0.25) is 0 Å². The molecule has 0 aliphatic heterocycles. The minimum absolute atomic E-state index is 0.488. The standard InChI is InChI=1S/C45H90/c1-8-10-12-14-16-18-20-22-24-26-28-30-32-34-36-43(5)38-39-45(7,40-42(3)4)41-44(6)37-35-33-31-29-27-25-23-21-19-17-15-13-11-9-2/h42,44H,5,8-41H2,1-4,6-7H3. The highest BCUT2D eigenvalue weighted by Gasteiger charge is 2.27. The fourth-order valence-electron chi connectivity index (χ4n) is 8.08. The van der Waals surface area contributed by atoms with Gasteiger partial charge in [-0.25, -0.2) is 0 Å². The van der Waals surface area contributed by atoms with Crippen LogP contribution in [-0.4, -0.2) is 0 Å². The monoisotopic (exact) mass is 631 g/mol. The number of rotatable bonds is 37. The second-order valence-corrected chi connectivity index (χ2v) is 16.7. The van der Waals surface area contributed by atoms with Crippen LogP contribution in [0, 0.1) is 17.3 Å². The van der Waals surface area contributed by atoms with Crippen LogP contribution in [0.15, 0.2) is 12.2 Å². The third-order valence-electron chi connectivity index (χ3n) is 10.8. The summed E-state index contributed by atoms with van der Waals surface area (Å²) >= 11 is 0. The van der Waals surface area contributed by atoms with E-state index in [2.05, 4.69) is 48.1 Å². The Balaban J connectivity index is 3.86. The predicted molar refractivity (Wildman–Crippen MR) is 210 cm³/mol. The quantitative estimate of drug-likeness (QED) is 0.0473. The van der Waals surface area contributed by atoms with Crippen molar-refractivity contribution in [1.82, 2.24) is 0 Å². The Kier molecular flexibility index (Phi) is 33.4. The minimum Gasteiger partial charge on any atom is -0.0999 e. The lowest BCUT2D eigenvalue weighted by molar-refractivity contribution is 0.178. The molecule has 0 bridgehead atoms. The van der Waals surface area contributed by atoms with Crippen LogP contribution >= 0.6 is 0 Å². The molecule has 0 saturated carbocycles. The zero-order valence-corrected chi connectivity index (χ0v) is 32.9. The summed E-state index contributed by atoms with van der Waals surface area (Å²) in [6.07, 6.45) is 48.7. The SMILES string of the molecule is C=C(CCCCCCCCCCCCCCCC)CCC(C)(CC(C)C)CC(C)CCCCCCCCCCCCCCCC. The van der Waals surface area contributed by atoms with Crippen molar-refractivity contribution in [3.05, 3.63) is 12.2 Å². The van der Waals surface area contributed by atoms with Crippen LogP contribution in [0.3, 0.4) is 0 Å². The molecule has 0 heterocycles. The summed E-state index contributed by atoms with van der Waals surface area (Å²) in [6, 6.07) is 0. The Hall–Kier alpha value is -0.260. The second-order valence-electron chi connectivity index (χ2n) is 16.7. The molecule has 0 amide bonds. The van der Waals surface area contributed by atoms with E-state index in [1.807, 2.05) is 0 Å². The van der Waals surface area contributed by atoms with E-state index in [4.69, 9.17) is 0 Å². The van der Waals surface area contributed by atoms with Crippen molar-refractivity contribution in [3.8, 4) is 0 Å². The zero-order chi connectivity index (χ0) is 33.3. The fourth-order valence-corrected chi connectivity index (χ4v) is 8.08. The summed E-state index contributed by atoms with van der Waals surface area (Å²) in [7, 11) is 0. The molecule has 0 saturated heterocycles. The van der Waals surface area contributed by atoms with E-state index in [-0.39, 0.29) is 0 Å². The van der Waals surface area contributed by atoms with Gasteiger partial charge in [0.2, 0.25) is 0 Å². The summed E-state index contributed by atoms with van der Waals surface area (Å²) in [5, 5.41) is 0. The van der Waals surface area contributed by atoms with Gasteiger partial charge < -0.3 is 0 Å². The lowest BCUT2D eigenvalue weighted by atomic mass is 9.71. The second kappa shape index (κ2) is 33.6. The average Bonchev–Trinajstić information content (AvgIpc) is 3.00. The van der Waals surface area contributed by atoms with Gasteiger partial charge in [-0.1, -0.05) is 233 Å². The zero-order valence-electron chi connectivity index (χ0n) is 32.9. The molecule has 0 aromatic carbocycles. The summed E-state index contributed by atoms with van der Waals surface area (Å²) in [4.78, 5) is 0. The maximum Gasteiger partial charge on any atom is -0.0318 e. The van der Waals surface area contributed by atoms with Crippen molar-refractivity contribution in [2.75, 3.05) is 0 Å². The molecule has 0 radical (unpaired) electrons. The Bertz CT molecular complexity index is 587. The Morgan fingerprint density at radius 2 is 0.778 bits per heavy atom. The van der Waals surface area contributed by atoms with Crippen molar-refractivity contribution < 1.29 is 0 Å². The number of hydrogen-bond donors (Lipinski definition) is 0. The van der Waals surface area contributed by atoms with Crippen LogP contribution in [0.2, 0.25) is 0 Å². The van der Waals surface area contributed by atoms with Gasteiger partial charge >= 0.3 is 0 Å². The summed E-state index contributed by atoms with van der Waals surface area (Å²) < 4.78 is 0. The van der Waals surface area contributed by atoms with E-state index in [1.54, 1.807) is 0 Å². The first kappa shape index (κ1) is 44.7. The third-order valence-corrected chi connectivity index (χ3v) is 10.8. The van der Waals surface area contributed by atoms with E-state index in [9.17, 15) is 0 Å². The molecule has 0 aliphatic rings. The van der Waals surface area contributed by atoms with E-state index < -0.39 is 0 Å². The van der Waals surface area contributed by atoms with Gasteiger partial charge in [0.25, 0.3) is 0 Å². The topological polar surface area (TPSA) is 0 Å². The molecule has 2 atom stereocenters. The normalized spacial score (nSPS) is 13.8. The number of allylic oxidation sites excluding steroid dienone is 1. The van der Waals surface area contributed by atoms with Gasteiger partial charge in [0.15, 0.2) is 0 Å². The molecule has 0 spiro atoms.